The maximum atomic E-state index is 13.1. The van der Waals surface area contributed by atoms with Gasteiger partial charge >= 0.3 is 5.97 Å². The Morgan fingerprint density at radius 3 is 2.82 bits per heavy atom. The van der Waals surface area contributed by atoms with E-state index in [0.29, 0.717) is 29.1 Å². The van der Waals surface area contributed by atoms with E-state index < -0.39 is 18.1 Å². The van der Waals surface area contributed by atoms with Crippen LogP contribution in [0.5, 0.6) is 0 Å². The molecule has 0 radical (unpaired) electrons. The predicted octanol–water partition coefficient (Wildman–Crippen LogP) is 2.42. The molecular formula is C19H15N5O3S. The zero-order valence-corrected chi connectivity index (χ0v) is 15.4. The van der Waals surface area contributed by atoms with Gasteiger partial charge in [0.15, 0.2) is 5.82 Å². The second-order valence-electron chi connectivity index (χ2n) is 6.39. The first-order valence-electron chi connectivity index (χ1n) is 8.57. The van der Waals surface area contributed by atoms with Gasteiger partial charge in [0.05, 0.1) is 28.9 Å². The van der Waals surface area contributed by atoms with E-state index in [4.69, 9.17) is 5.26 Å². The molecule has 0 aliphatic carbocycles. The van der Waals surface area contributed by atoms with Crippen LogP contribution in [0.1, 0.15) is 29.3 Å². The lowest BCUT2D eigenvalue weighted by Crippen LogP contribution is -2.33. The molecule has 0 spiro atoms. The molecule has 1 atom stereocenters. The maximum absolute atomic E-state index is 13.1. The van der Waals surface area contributed by atoms with E-state index in [9.17, 15) is 14.7 Å². The van der Waals surface area contributed by atoms with Crippen molar-refractivity contribution in [1.82, 2.24) is 14.5 Å². The average Bonchev–Trinajstić information content (AvgIpc) is 3.24. The van der Waals surface area contributed by atoms with Crippen LogP contribution in [0, 0.1) is 11.3 Å². The predicted molar refractivity (Wildman–Crippen MR) is 103 cm³/mol. The topological polar surface area (TPSA) is 121 Å². The van der Waals surface area contributed by atoms with Crippen LogP contribution in [0.3, 0.4) is 0 Å². The third kappa shape index (κ3) is 3.25. The molecular weight excluding hydrogens is 378 g/mol. The van der Waals surface area contributed by atoms with Gasteiger partial charge in [-0.15, -0.1) is 11.3 Å². The summed E-state index contributed by atoms with van der Waals surface area (Å²) < 4.78 is 1.14. The Hall–Kier alpha value is -3.51. The molecule has 0 saturated carbocycles. The number of hydrogen-bond donors (Lipinski definition) is 2. The van der Waals surface area contributed by atoms with Crippen LogP contribution < -0.4 is 10.9 Å². The third-order valence-electron chi connectivity index (χ3n) is 4.63. The van der Waals surface area contributed by atoms with Gasteiger partial charge in [0.2, 0.25) is 0 Å². The van der Waals surface area contributed by atoms with Gasteiger partial charge in [-0.1, -0.05) is 12.1 Å². The van der Waals surface area contributed by atoms with Crippen LogP contribution in [0.4, 0.5) is 5.69 Å². The summed E-state index contributed by atoms with van der Waals surface area (Å²) in [5.41, 5.74) is 4.14. The molecule has 3 aromatic rings. The van der Waals surface area contributed by atoms with Crippen LogP contribution in [-0.4, -0.2) is 25.6 Å². The lowest BCUT2D eigenvalue weighted by Gasteiger charge is -2.27. The number of rotatable bonds is 4. The Labute approximate surface area is 163 Å². The molecule has 4 rings (SSSR count). The number of anilines is 1. The highest BCUT2D eigenvalue weighted by Crippen LogP contribution is 2.31. The van der Waals surface area contributed by atoms with E-state index in [0.717, 1.165) is 16.6 Å². The highest BCUT2D eigenvalue weighted by Gasteiger charge is 2.26. The highest BCUT2D eigenvalue weighted by molar-refractivity contribution is 7.07. The fourth-order valence-corrected chi connectivity index (χ4v) is 3.82. The van der Waals surface area contributed by atoms with Crippen LogP contribution in [0.25, 0.3) is 11.5 Å². The van der Waals surface area contributed by atoms with Gasteiger partial charge in [-0.25, -0.2) is 9.97 Å². The number of nitriles is 1. The first-order chi connectivity index (χ1) is 13.6. The van der Waals surface area contributed by atoms with E-state index in [1.165, 1.54) is 11.3 Å². The van der Waals surface area contributed by atoms with Crippen molar-refractivity contribution in [2.24, 2.45) is 0 Å². The van der Waals surface area contributed by atoms with Gasteiger partial charge in [-0.05, 0) is 30.5 Å². The van der Waals surface area contributed by atoms with Crippen molar-refractivity contribution in [2.45, 2.75) is 25.4 Å². The number of aliphatic carboxylic acids is 1. The van der Waals surface area contributed by atoms with Crippen molar-refractivity contribution >= 4 is 23.0 Å². The Balaban J connectivity index is 1.76. The minimum Gasteiger partial charge on any atom is -0.480 e. The molecule has 2 aromatic heterocycles. The van der Waals surface area contributed by atoms with Gasteiger partial charge in [-0.3, -0.25) is 14.2 Å². The highest BCUT2D eigenvalue weighted by atomic mass is 32.1. The minimum atomic E-state index is -1.13. The molecule has 2 N–H and O–H groups in total. The number of nitrogens with zero attached hydrogens (tertiary/aromatic N) is 4. The lowest BCUT2D eigenvalue weighted by atomic mass is 9.96. The second kappa shape index (κ2) is 7.25. The number of carboxylic acids is 1. The van der Waals surface area contributed by atoms with E-state index in [1.807, 2.05) is 12.1 Å². The lowest BCUT2D eigenvalue weighted by molar-refractivity contribution is -0.137. The molecule has 0 fully saturated rings. The molecule has 140 valence electrons. The molecule has 28 heavy (non-hydrogen) atoms. The number of fused-ring (bicyclic) bond motifs is 1. The first kappa shape index (κ1) is 17.9. The number of thiazole rings is 1. The molecule has 3 heterocycles. The molecule has 1 aliphatic rings. The largest absolute Gasteiger partial charge is 0.480 e. The summed E-state index contributed by atoms with van der Waals surface area (Å²) in [4.78, 5) is 33.1. The number of carboxylic acid groups (broad SMARTS) is 1. The summed E-state index contributed by atoms with van der Waals surface area (Å²) in [6.45, 7) is -0.491. The molecule has 0 saturated heterocycles. The first-order valence-corrected chi connectivity index (χ1v) is 9.51. The molecule has 1 aromatic carbocycles. The van der Waals surface area contributed by atoms with Gasteiger partial charge in [-0.2, -0.15) is 5.26 Å². The minimum absolute atomic E-state index is 0.113. The molecule has 0 bridgehead atoms. The smallest absolute Gasteiger partial charge is 0.323 e. The summed E-state index contributed by atoms with van der Waals surface area (Å²) in [6.07, 6.45) is 1.30. The Morgan fingerprint density at radius 2 is 2.18 bits per heavy atom. The SMILES string of the molecule is N#Cc1ccc(C2CCc3nc(-c4cscn4)n(CC(=O)O)c(=O)c3N2)cc1. The Kier molecular flexibility index (Phi) is 4.63. The zero-order chi connectivity index (χ0) is 19.7. The summed E-state index contributed by atoms with van der Waals surface area (Å²) >= 11 is 1.35. The van der Waals surface area contributed by atoms with E-state index >= 15 is 0 Å². The number of aryl methyl sites for hydroxylation is 1. The van der Waals surface area contributed by atoms with Gasteiger partial charge in [0, 0.05) is 5.38 Å². The van der Waals surface area contributed by atoms with E-state index in [1.54, 1.807) is 23.0 Å². The number of hydrogen-bond acceptors (Lipinski definition) is 7. The second-order valence-corrected chi connectivity index (χ2v) is 7.10. The van der Waals surface area contributed by atoms with Crippen molar-refractivity contribution in [1.29, 1.82) is 5.26 Å². The fraction of sp³-hybridized carbons (Fsp3) is 0.211. The van der Waals surface area contributed by atoms with Crippen LogP contribution in [-0.2, 0) is 17.8 Å². The summed E-state index contributed by atoms with van der Waals surface area (Å²) in [7, 11) is 0. The maximum Gasteiger partial charge on any atom is 0.323 e. The summed E-state index contributed by atoms with van der Waals surface area (Å²) in [5, 5.41) is 23.1. The van der Waals surface area contributed by atoms with Crippen molar-refractivity contribution in [3.8, 4) is 17.6 Å². The fourth-order valence-electron chi connectivity index (χ4n) is 3.29. The van der Waals surface area contributed by atoms with Crippen LogP contribution in [0.15, 0.2) is 40.0 Å². The average molecular weight is 393 g/mol. The molecule has 8 nitrogen and oxygen atoms in total. The summed E-state index contributed by atoms with van der Waals surface area (Å²) in [6, 6.07) is 9.15. The van der Waals surface area contributed by atoms with Gasteiger partial charge < -0.3 is 10.4 Å². The Morgan fingerprint density at radius 1 is 1.39 bits per heavy atom. The third-order valence-corrected chi connectivity index (χ3v) is 5.22. The monoisotopic (exact) mass is 393 g/mol. The molecule has 1 unspecified atom stereocenters. The van der Waals surface area contributed by atoms with E-state index in [2.05, 4.69) is 21.4 Å². The number of nitrogens with one attached hydrogen (secondary N) is 1. The van der Waals surface area contributed by atoms with Crippen molar-refractivity contribution in [3.63, 3.8) is 0 Å². The standard InChI is InChI=1S/C19H15N5O3S/c20-7-11-1-3-12(4-2-11)13-5-6-14-17(22-13)19(27)24(8-16(25)26)18(23-14)15-9-28-10-21-15/h1-4,9-10,13,22H,5-6,8H2,(H,25,26). The molecule has 9 heteroatoms. The van der Waals surface area contributed by atoms with Crippen LogP contribution >= 0.6 is 11.3 Å². The summed E-state index contributed by atoms with van der Waals surface area (Å²) in [5.74, 6) is -0.856. The van der Waals surface area contributed by atoms with Crippen molar-refractivity contribution < 1.29 is 9.90 Å². The Bertz CT molecular complexity index is 1130. The number of benzene rings is 1. The van der Waals surface area contributed by atoms with Crippen molar-refractivity contribution in [3.05, 3.63) is 62.3 Å². The van der Waals surface area contributed by atoms with Gasteiger partial charge in [0.1, 0.15) is 17.9 Å². The van der Waals surface area contributed by atoms with Gasteiger partial charge in [0.25, 0.3) is 5.56 Å². The molecule has 0 amide bonds. The normalized spacial score (nSPS) is 15.3. The quantitative estimate of drug-likeness (QED) is 0.698. The number of aromatic nitrogens is 3. The van der Waals surface area contributed by atoms with E-state index in [-0.39, 0.29) is 11.9 Å². The molecule has 1 aliphatic heterocycles. The van der Waals surface area contributed by atoms with Crippen molar-refractivity contribution in [2.75, 3.05) is 5.32 Å². The number of carbonyl (C=O) groups is 1. The van der Waals surface area contributed by atoms with Crippen LogP contribution in [0.2, 0.25) is 0 Å². The zero-order valence-electron chi connectivity index (χ0n) is 14.6.